The molecule has 0 spiro atoms. The van der Waals surface area contributed by atoms with E-state index in [0.717, 1.165) is 0 Å². The molecule has 0 aliphatic heterocycles. The average molecular weight is 399 g/mol. The van der Waals surface area contributed by atoms with Crippen molar-refractivity contribution in [2.45, 2.75) is 20.3 Å². The van der Waals surface area contributed by atoms with Gasteiger partial charge in [0, 0.05) is 0 Å². The Morgan fingerprint density at radius 3 is 1.58 bits per heavy atom. The monoisotopic (exact) mass is 398 g/mol. The second-order valence-corrected chi connectivity index (χ2v) is 9.57. The maximum absolute atomic E-state index is 2.35. The molecule has 0 amide bonds. The molecule has 0 aliphatic rings. The number of benzene rings is 3. The fraction of sp³-hybridized carbons (Fsp3) is 0.182. The first-order valence-electron chi connectivity index (χ1n) is 8.34. The molecular formula is C22H24BrP. The molecule has 0 aliphatic carbocycles. The van der Waals surface area contributed by atoms with E-state index >= 15 is 0 Å². The van der Waals surface area contributed by atoms with E-state index in [9.17, 15) is 0 Å². The first-order valence-corrected chi connectivity index (χ1v) is 10.3. The highest BCUT2D eigenvalue weighted by Gasteiger charge is 2.45. The van der Waals surface area contributed by atoms with Gasteiger partial charge in [-0.3, -0.25) is 0 Å². The van der Waals surface area contributed by atoms with Crippen molar-refractivity contribution in [2.75, 3.05) is 6.16 Å². The Bertz CT molecular complexity index is 714. The van der Waals surface area contributed by atoms with Crippen LogP contribution in [0.2, 0.25) is 0 Å². The average Bonchev–Trinajstić information content (AvgIpc) is 2.62. The van der Waals surface area contributed by atoms with Gasteiger partial charge in [0.15, 0.2) is 0 Å². The van der Waals surface area contributed by atoms with Crippen LogP contribution in [0.1, 0.15) is 18.9 Å². The van der Waals surface area contributed by atoms with Crippen LogP contribution in [-0.2, 0) is 0 Å². The molecular weight excluding hydrogens is 375 g/mol. The second-order valence-electron chi connectivity index (χ2n) is 5.99. The second kappa shape index (κ2) is 8.60. The lowest BCUT2D eigenvalue weighted by Gasteiger charge is -2.28. The lowest BCUT2D eigenvalue weighted by atomic mass is 10.2. The van der Waals surface area contributed by atoms with Crippen molar-refractivity contribution in [1.29, 1.82) is 0 Å². The number of hydrogen-bond acceptors (Lipinski definition) is 0. The molecule has 0 N–H and O–H groups in total. The fourth-order valence-corrected chi connectivity index (χ4v) is 8.16. The largest absolute Gasteiger partial charge is 1.00 e. The van der Waals surface area contributed by atoms with Crippen molar-refractivity contribution in [1.82, 2.24) is 0 Å². The van der Waals surface area contributed by atoms with Crippen LogP contribution in [0.4, 0.5) is 0 Å². The summed E-state index contributed by atoms with van der Waals surface area (Å²) in [5, 5.41) is 4.50. The minimum absolute atomic E-state index is 0. The summed E-state index contributed by atoms with van der Waals surface area (Å²) >= 11 is 0. The number of rotatable bonds is 5. The SMILES string of the molecule is CCC[P+](c1ccccc1)(c1ccccc1)c1ccccc1C.[Br-]. The molecule has 0 atom stereocenters. The van der Waals surface area contributed by atoms with E-state index in [2.05, 4.69) is 98.8 Å². The number of hydrogen-bond donors (Lipinski definition) is 0. The zero-order valence-corrected chi connectivity index (χ0v) is 16.8. The molecule has 0 aromatic heterocycles. The van der Waals surface area contributed by atoms with Gasteiger partial charge in [0.2, 0.25) is 0 Å². The summed E-state index contributed by atoms with van der Waals surface area (Å²) in [6, 6.07) is 31.2. The van der Waals surface area contributed by atoms with E-state index in [1.807, 2.05) is 0 Å². The predicted octanol–water partition coefficient (Wildman–Crippen LogP) is 1.70. The van der Waals surface area contributed by atoms with Crippen LogP contribution in [-0.4, -0.2) is 6.16 Å². The summed E-state index contributed by atoms with van der Waals surface area (Å²) in [4.78, 5) is 0. The van der Waals surface area contributed by atoms with Crippen LogP contribution in [0.3, 0.4) is 0 Å². The van der Waals surface area contributed by atoms with Gasteiger partial charge in [-0.05, 0) is 49.2 Å². The van der Waals surface area contributed by atoms with Gasteiger partial charge in [0.25, 0.3) is 0 Å². The van der Waals surface area contributed by atoms with E-state index in [1.165, 1.54) is 34.1 Å². The molecule has 24 heavy (non-hydrogen) atoms. The van der Waals surface area contributed by atoms with E-state index in [1.54, 1.807) is 0 Å². The van der Waals surface area contributed by atoms with Crippen LogP contribution in [0.5, 0.6) is 0 Å². The van der Waals surface area contributed by atoms with Crippen LogP contribution in [0, 0.1) is 6.92 Å². The van der Waals surface area contributed by atoms with Gasteiger partial charge in [-0.15, -0.1) is 0 Å². The Morgan fingerprint density at radius 2 is 1.12 bits per heavy atom. The molecule has 0 heterocycles. The van der Waals surface area contributed by atoms with Crippen LogP contribution < -0.4 is 32.9 Å². The van der Waals surface area contributed by atoms with Crippen molar-refractivity contribution in [3.8, 4) is 0 Å². The normalized spacial score (nSPS) is 10.9. The molecule has 124 valence electrons. The third-order valence-electron chi connectivity index (χ3n) is 4.48. The maximum atomic E-state index is 2.35. The highest BCUT2D eigenvalue weighted by Crippen LogP contribution is 2.56. The summed E-state index contributed by atoms with van der Waals surface area (Å²) in [6.07, 6.45) is 2.40. The van der Waals surface area contributed by atoms with Gasteiger partial charge < -0.3 is 17.0 Å². The first-order chi connectivity index (χ1) is 11.3. The summed E-state index contributed by atoms with van der Waals surface area (Å²) in [5.74, 6) is 0. The van der Waals surface area contributed by atoms with Crippen molar-refractivity contribution < 1.29 is 17.0 Å². The number of halogens is 1. The zero-order chi connectivity index (χ0) is 16.1. The van der Waals surface area contributed by atoms with Crippen LogP contribution in [0.25, 0.3) is 0 Å². The molecule has 0 bridgehead atoms. The number of aryl methyl sites for hydroxylation is 1. The minimum Gasteiger partial charge on any atom is -1.00 e. The van der Waals surface area contributed by atoms with E-state index in [0.29, 0.717) is 0 Å². The summed E-state index contributed by atoms with van der Waals surface area (Å²) in [7, 11) is -1.59. The van der Waals surface area contributed by atoms with E-state index in [-0.39, 0.29) is 17.0 Å². The van der Waals surface area contributed by atoms with Gasteiger partial charge in [-0.1, -0.05) is 61.5 Å². The standard InChI is InChI=1S/C22H24P.BrH/c1-3-18-23(20-13-6-4-7-14-20,21-15-8-5-9-16-21)22-17-11-10-12-19(22)2;/h4-17H,3,18H2,1-2H3;1H/q+1;/p-1. The van der Waals surface area contributed by atoms with Crippen molar-refractivity contribution >= 4 is 23.2 Å². The zero-order valence-electron chi connectivity index (χ0n) is 14.3. The quantitative estimate of drug-likeness (QED) is 0.573. The Morgan fingerprint density at radius 1 is 0.667 bits per heavy atom. The molecule has 0 nitrogen and oxygen atoms in total. The van der Waals surface area contributed by atoms with E-state index < -0.39 is 7.26 Å². The highest BCUT2D eigenvalue weighted by atomic mass is 79.9. The summed E-state index contributed by atoms with van der Waals surface area (Å²) < 4.78 is 0. The van der Waals surface area contributed by atoms with Crippen molar-refractivity contribution in [3.05, 3.63) is 90.5 Å². The Hall–Kier alpha value is -1.43. The predicted molar refractivity (Wildman–Crippen MR) is 105 cm³/mol. The van der Waals surface area contributed by atoms with Crippen LogP contribution >= 0.6 is 7.26 Å². The lowest BCUT2D eigenvalue weighted by Crippen LogP contribution is -3.00. The fourth-order valence-electron chi connectivity index (χ4n) is 3.50. The van der Waals surface area contributed by atoms with Gasteiger partial charge >= 0.3 is 0 Å². The van der Waals surface area contributed by atoms with Gasteiger partial charge in [0.1, 0.15) is 23.2 Å². The third-order valence-corrected chi connectivity index (χ3v) is 9.28. The molecule has 0 radical (unpaired) electrons. The van der Waals surface area contributed by atoms with E-state index in [4.69, 9.17) is 0 Å². The molecule has 3 aromatic carbocycles. The van der Waals surface area contributed by atoms with Crippen molar-refractivity contribution in [3.63, 3.8) is 0 Å². The Labute approximate surface area is 157 Å². The Balaban J connectivity index is 0.00000208. The molecule has 0 saturated carbocycles. The van der Waals surface area contributed by atoms with Gasteiger partial charge in [-0.2, -0.15) is 0 Å². The molecule has 0 fully saturated rings. The summed E-state index contributed by atoms with van der Waals surface area (Å²) in [5.41, 5.74) is 1.40. The highest BCUT2D eigenvalue weighted by molar-refractivity contribution is 7.95. The topological polar surface area (TPSA) is 0 Å². The van der Waals surface area contributed by atoms with Crippen molar-refractivity contribution in [2.24, 2.45) is 0 Å². The smallest absolute Gasteiger partial charge is 0.112 e. The molecule has 3 aromatic rings. The Kier molecular flexibility index (Phi) is 6.78. The third kappa shape index (κ3) is 3.48. The van der Waals surface area contributed by atoms with Gasteiger partial charge in [0.05, 0.1) is 6.16 Å². The maximum Gasteiger partial charge on any atom is 0.112 e. The molecule has 2 heteroatoms. The van der Waals surface area contributed by atoms with Gasteiger partial charge in [-0.25, -0.2) is 0 Å². The minimum atomic E-state index is -1.59. The summed E-state index contributed by atoms with van der Waals surface area (Å²) in [6.45, 7) is 4.56. The van der Waals surface area contributed by atoms with Crippen LogP contribution in [0.15, 0.2) is 84.9 Å². The first kappa shape index (κ1) is 18.9. The molecule has 3 rings (SSSR count). The lowest BCUT2D eigenvalue weighted by molar-refractivity contribution is -0.00000462. The molecule has 0 unspecified atom stereocenters. The molecule has 0 saturated heterocycles.